The molecule has 3 aromatic rings. The third-order valence-corrected chi connectivity index (χ3v) is 6.02. The molecule has 6 nitrogen and oxygen atoms in total. The van der Waals surface area contributed by atoms with Crippen LogP contribution >= 0.6 is 0 Å². The molecule has 2 aromatic carbocycles. The molecule has 0 aliphatic heterocycles. The molecular formula is C27H38N4O2. The van der Waals surface area contributed by atoms with Gasteiger partial charge in [-0.15, -0.1) is 0 Å². The third kappa shape index (κ3) is 6.51. The van der Waals surface area contributed by atoms with Gasteiger partial charge in [0.1, 0.15) is 17.1 Å². The number of furan rings is 1. The maximum absolute atomic E-state index is 8.21. The number of nitrogens with one attached hydrogen (secondary N) is 1. The van der Waals surface area contributed by atoms with Crippen LogP contribution in [0.4, 0.5) is 5.69 Å². The van der Waals surface area contributed by atoms with Crippen molar-refractivity contribution in [2.75, 3.05) is 25.1 Å². The van der Waals surface area contributed by atoms with Gasteiger partial charge >= 0.3 is 0 Å². The molecule has 0 aliphatic carbocycles. The highest BCUT2D eigenvalue weighted by Crippen LogP contribution is 2.32. The summed E-state index contributed by atoms with van der Waals surface area (Å²) in [7, 11) is 1.65. The largest absolute Gasteiger partial charge is 0.495 e. The number of methoxy groups -OCH3 is 1. The number of guanidine groups is 1. The number of rotatable bonds is 12. The van der Waals surface area contributed by atoms with Crippen molar-refractivity contribution in [3.63, 3.8) is 0 Å². The Morgan fingerprint density at radius 1 is 1.09 bits per heavy atom. The van der Waals surface area contributed by atoms with Gasteiger partial charge in [0.25, 0.3) is 0 Å². The van der Waals surface area contributed by atoms with Crippen molar-refractivity contribution in [3.05, 3.63) is 59.9 Å². The second-order valence-electron chi connectivity index (χ2n) is 8.81. The maximum atomic E-state index is 8.21. The number of hydrogen-bond donors (Lipinski definition) is 2. The van der Waals surface area contributed by atoms with Crippen LogP contribution in [0.25, 0.3) is 11.0 Å². The minimum atomic E-state index is -0.0435. The summed E-state index contributed by atoms with van der Waals surface area (Å²) in [6, 6.07) is 16.6. The molecule has 0 amide bonds. The van der Waals surface area contributed by atoms with E-state index in [0.717, 1.165) is 54.8 Å². The zero-order chi connectivity index (χ0) is 23.8. The van der Waals surface area contributed by atoms with E-state index in [1.807, 2.05) is 36.4 Å². The molecule has 0 saturated heterocycles. The van der Waals surface area contributed by atoms with Gasteiger partial charge in [-0.3, -0.25) is 5.41 Å². The molecule has 1 heterocycles. The zero-order valence-electron chi connectivity index (χ0n) is 20.4. The van der Waals surface area contributed by atoms with Crippen molar-refractivity contribution < 1.29 is 9.15 Å². The highest BCUT2D eigenvalue weighted by Gasteiger charge is 2.18. The summed E-state index contributed by atoms with van der Waals surface area (Å²) in [5, 5.41) is 9.25. The average Bonchev–Trinajstić information content (AvgIpc) is 3.21. The molecule has 0 unspecified atom stereocenters. The molecule has 1 aromatic heterocycles. The van der Waals surface area contributed by atoms with Crippen LogP contribution in [0.3, 0.4) is 0 Å². The lowest BCUT2D eigenvalue weighted by Gasteiger charge is -2.26. The second-order valence-corrected chi connectivity index (χ2v) is 8.81. The van der Waals surface area contributed by atoms with Crippen LogP contribution in [0.15, 0.2) is 52.9 Å². The first-order chi connectivity index (χ1) is 15.9. The first-order valence-electron chi connectivity index (χ1n) is 11.9. The summed E-state index contributed by atoms with van der Waals surface area (Å²) in [4.78, 5) is 4.28. The normalized spacial score (nSPS) is 11.5. The number of para-hydroxylation sites is 1. The van der Waals surface area contributed by atoms with Crippen molar-refractivity contribution in [1.29, 1.82) is 5.41 Å². The topological polar surface area (TPSA) is 78.7 Å². The molecule has 0 fully saturated rings. The number of anilines is 1. The van der Waals surface area contributed by atoms with Crippen LogP contribution in [0.1, 0.15) is 51.4 Å². The van der Waals surface area contributed by atoms with Crippen LogP contribution in [0, 0.1) is 5.41 Å². The zero-order valence-corrected chi connectivity index (χ0v) is 20.4. The van der Waals surface area contributed by atoms with Gasteiger partial charge < -0.3 is 24.7 Å². The molecule has 178 valence electrons. The summed E-state index contributed by atoms with van der Waals surface area (Å²) in [6.45, 7) is 9.41. The second kappa shape index (κ2) is 11.8. The number of aryl methyl sites for hydroxylation is 1. The van der Waals surface area contributed by atoms with E-state index in [1.165, 1.54) is 12.0 Å². The Bertz CT molecular complexity index is 1010. The predicted molar refractivity (Wildman–Crippen MR) is 137 cm³/mol. The van der Waals surface area contributed by atoms with E-state index in [0.29, 0.717) is 18.3 Å². The summed E-state index contributed by atoms with van der Waals surface area (Å²) >= 11 is 0. The number of nitrogens with zero attached hydrogens (tertiary/aromatic N) is 2. The molecule has 0 aliphatic rings. The Morgan fingerprint density at radius 2 is 1.88 bits per heavy atom. The van der Waals surface area contributed by atoms with Crippen molar-refractivity contribution in [2.24, 2.45) is 5.73 Å². The van der Waals surface area contributed by atoms with Crippen molar-refractivity contribution >= 4 is 22.6 Å². The molecule has 0 radical (unpaired) electrons. The van der Waals surface area contributed by atoms with Crippen molar-refractivity contribution in [2.45, 2.75) is 59.0 Å². The monoisotopic (exact) mass is 450 g/mol. The quantitative estimate of drug-likeness (QED) is 0.208. The summed E-state index contributed by atoms with van der Waals surface area (Å²) < 4.78 is 11.6. The number of nitrogens with two attached hydrogens (primary N) is 1. The third-order valence-electron chi connectivity index (χ3n) is 6.02. The Labute approximate surface area is 197 Å². The Hall–Kier alpha value is -2.99. The van der Waals surface area contributed by atoms with Crippen LogP contribution in [-0.2, 0) is 13.0 Å². The molecule has 3 N–H and O–H groups in total. The predicted octanol–water partition coefficient (Wildman–Crippen LogP) is 5.78. The minimum absolute atomic E-state index is 0.0435. The van der Waals surface area contributed by atoms with Crippen LogP contribution in [-0.4, -0.2) is 37.1 Å². The van der Waals surface area contributed by atoms with Gasteiger partial charge in [0.05, 0.1) is 19.3 Å². The van der Waals surface area contributed by atoms with E-state index < -0.39 is 0 Å². The van der Waals surface area contributed by atoms with Gasteiger partial charge in [-0.2, -0.15) is 0 Å². The first-order valence-corrected chi connectivity index (χ1v) is 11.9. The van der Waals surface area contributed by atoms with Gasteiger partial charge in [0, 0.05) is 11.4 Å². The fraction of sp³-hybridized carbons (Fsp3) is 0.444. The number of fused-ring (bicyclic) bond motifs is 1. The van der Waals surface area contributed by atoms with Gasteiger partial charge in [0.15, 0.2) is 5.96 Å². The summed E-state index contributed by atoms with van der Waals surface area (Å²) in [6.07, 6.45) is 4.44. The maximum Gasteiger partial charge on any atom is 0.193 e. The van der Waals surface area contributed by atoms with Gasteiger partial charge in [-0.25, -0.2) is 0 Å². The fourth-order valence-electron chi connectivity index (χ4n) is 4.23. The highest BCUT2D eigenvalue weighted by atomic mass is 16.5. The number of benzene rings is 2. The Balaban J connectivity index is 1.72. The van der Waals surface area contributed by atoms with Crippen LogP contribution in [0.2, 0.25) is 0 Å². The molecular weight excluding hydrogens is 412 g/mol. The standard InChI is InChI=1S/C27H38N4O2/c1-5-15-30(20(2)3)16-9-8-10-21-13-14-26(32-4)24(17-21)31(27(28)29)19-23-18-22-11-6-7-12-25(22)33-23/h6-7,11-14,17-18,20H,5,8-10,15-16,19H2,1-4H3,(H3,28,29). The summed E-state index contributed by atoms with van der Waals surface area (Å²) in [5.74, 6) is 1.40. The van der Waals surface area contributed by atoms with Crippen LogP contribution < -0.4 is 15.4 Å². The van der Waals surface area contributed by atoms with E-state index in [4.69, 9.17) is 20.3 Å². The highest BCUT2D eigenvalue weighted by molar-refractivity contribution is 5.94. The number of ether oxygens (including phenoxy) is 1. The molecule has 0 spiro atoms. The average molecular weight is 451 g/mol. The molecule has 0 bridgehead atoms. The minimum Gasteiger partial charge on any atom is -0.495 e. The van der Waals surface area contributed by atoms with Gasteiger partial charge in [-0.1, -0.05) is 31.2 Å². The van der Waals surface area contributed by atoms with Gasteiger partial charge in [-0.05, 0) is 82.4 Å². The van der Waals surface area contributed by atoms with Crippen molar-refractivity contribution in [1.82, 2.24) is 4.90 Å². The molecule has 0 atom stereocenters. The van der Waals surface area contributed by atoms with Gasteiger partial charge in [0.2, 0.25) is 0 Å². The smallest absolute Gasteiger partial charge is 0.193 e. The lowest BCUT2D eigenvalue weighted by molar-refractivity contribution is 0.218. The molecule has 6 heteroatoms. The van der Waals surface area contributed by atoms with E-state index >= 15 is 0 Å². The fourth-order valence-corrected chi connectivity index (χ4v) is 4.23. The van der Waals surface area contributed by atoms with Crippen molar-refractivity contribution in [3.8, 4) is 5.75 Å². The van der Waals surface area contributed by atoms with E-state index in [1.54, 1.807) is 12.0 Å². The van der Waals surface area contributed by atoms with Crippen LogP contribution in [0.5, 0.6) is 5.75 Å². The Kier molecular flexibility index (Phi) is 8.78. The molecule has 3 rings (SSSR count). The van der Waals surface area contributed by atoms with E-state index in [2.05, 4.69) is 37.8 Å². The molecule has 33 heavy (non-hydrogen) atoms. The number of unbranched alkanes of at least 4 members (excludes halogenated alkanes) is 1. The SMILES string of the molecule is CCCN(CCCCc1ccc(OC)c(N(Cc2cc3ccccc3o2)C(=N)N)c1)C(C)C. The first kappa shape index (κ1) is 24.6. The van der Waals surface area contributed by atoms with E-state index in [9.17, 15) is 0 Å². The summed E-state index contributed by atoms with van der Waals surface area (Å²) in [5.41, 5.74) is 8.84. The van der Waals surface area contributed by atoms with E-state index in [-0.39, 0.29) is 5.96 Å². The molecule has 0 saturated carbocycles. The number of hydrogen-bond acceptors (Lipinski definition) is 4. The lowest BCUT2D eigenvalue weighted by atomic mass is 10.1. The Morgan fingerprint density at radius 3 is 2.55 bits per heavy atom. The lowest BCUT2D eigenvalue weighted by Crippen LogP contribution is -2.36.